The molecule has 1 saturated heterocycles. The van der Waals surface area contributed by atoms with Gasteiger partial charge in [0.05, 0.1) is 0 Å². The third-order valence-electron chi connectivity index (χ3n) is 3.35. The molecule has 2 rings (SSSR count). The zero-order valence-electron chi connectivity index (χ0n) is 8.88. The molecule has 0 unspecified atom stereocenters. The van der Waals surface area contributed by atoms with Gasteiger partial charge in [0.2, 0.25) is 5.91 Å². The van der Waals surface area contributed by atoms with Crippen LogP contribution in [0.5, 0.6) is 0 Å². The maximum Gasteiger partial charge on any atom is 0.220 e. The Morgan fingerprint density at radius 1 is 1.43 bits per heavy atom. The van der Waals surface area contributed by atoms with Gasteiger partial charge in [-0.2, -0.15) is 0 Å². The van der Waals surface area contributed by atoms with Crippen LogP contribution in [0.25, 0.3) is 0 Å². The van der Waals surface area contributed by atoms with Crippen molar-refractivity contribution in [2.75, 3.05) is 13.1 Å². The molecule has 1 saturated carbocycles. The Kier molecular flexibility index (Phi) is 3.06. The highest BCUT2D eigenvalue weighted by Gasteiger charge is 2.27. The number of piperidine rings is 1. The fourth-order valence-electron chi connectivity index (χ4n) is 2.12. The van der Waals surface area contributed by atoms with E-state index in [-0.39, 0.29) is 5.91 Å². The first-order chi connectivity index (χ1) is 6.75. The minimum Gasteiger partial charge on any atom is -0.353 e. The van der Waals surface area contributed by atoms with E-state index in [0.717, 1.165) is 25.9 Å². The highest BCUT2D eigenvalue weighted by Crippen LogP contribution is 2.23. The number of rotatable bonds is 3. The van der Waals surface area contributed by atoms with Crippen LogP contribution in [-0.4, -0.2) is 25.0 Å². The van der Waals surface area contributed by atoms with Crippen LogP contribution in [-0.2, 0) is 4.79 Å². The number of carbonyl (C=O) groups excluding carboxylic acids is 1. The van der Waals surface area contributed by atoms with Crippen molar-refractivity contribution in [2.45, 2.75) is 38.6 Å². The van der Waals surface area contributed by atoms with E-state index in [1.165, 1.54) is 12.8 Å². The molecule has 14 heavy (non-hydrogen) atoms. The third kappa shape index (κ3) is 2.71. The summed E-state index contributed by atoms with van der Waals surface area (Å²) in [5.74, 6) is 1.51. The summed E-state index contributed by atoms with van der Waals surface area (Å²) in [4.78, 5) is 11.6. The minimum atomic E-state index is 0.270. The normalized spacial score (nSPS) is 32.6. The van der Waals surface area contributed by atoms with Crippen molar-refractivity contribution in [1.29, 1.82) is 0 Å². The Hall–Kier alpha value is -0.570. The van der Waals surface area contributed by atoms with Crippen LogP contribution >= 0.6 is 0 Å². The summed E-state index contributed by atoms with van der Waals surface area (Å²) in [6.07, 6.45) is 4.26. The van der Waals surface area contributed by atoms with Crippen molar-refractivity contribution in [3.63, 3.8) is 0 Å². The van der Waals surface area contributed by atoms with Gasteiger partial charge >= 0.3 is 0 Å². The van der Waals surface area contributed by atoms with E-state index in [1.807, 2.05) is 0 Å². The molecule has 0 spiro atoms. The van der Waals surface area contributed by atoms with E-state index in [1.54, 1.807) is 0 Å². The van der Waals surface area contributed by atoms with Gasteiger partial charge in [-0.15, -0.1) is 0 Å². The van der Waals surface area contributed by atoms with Crippen molar-refractivity contribution in [1.82, 2.24) is 10.6 Å². The highest BCUT2D eigenvalue weighted by atomic mass is 16.1. The van der Waals surface area contributed by atoms with Crippen LogP contribution in [0.1, 0.15) is 32.6 Å². The van der Waals surface area contributed by atoms with Crippen molar-refractivity contribution in [2.24, 2.45) is 11.8 Å². The lowest BCUT2D eigenvalue weighted by Crippen LogP contribution is -2.38. The van der Waals surface area contributed by atoms with Crippen LogP contribution in [0.3, 0.4) is 0 Å². The second-order valence-electron chi connectivity index (χ2n) is 4.78. The van der Waals surface area contributed by atoms with Gasteiger partial charge in [0, 0.05) is 12.5 Å². The van der Waals surface area contributed by atoms with Crippen molar-refractivity contribution >= 4 is 5.91 Å². The zero-order valence-corrected chi connectivity index (χ0v) is 8.88. The standard InChI is InChI=1S/C11H20N2O/c1-8-7-12-5-4-9(8)6-11(14)13-10-2-3-10/h8-10,12H,2-7H2,1H3,(H,13,14)/t8-,9+/m1/s1. The van der Waals surface area contributed by atoms with E-state index in [0.29, 0.717) is 17.9 Å². The largest absolute Gasteiger partial charge is 0.353 e. The number of amides is 1. The Morgan fingerprint density at radius 3 is 2.86 bits per heavy atom. The summed E-state index contributed by atoms with van der Waals surface area (Å²) in [5.41, 5.74) is 0. The smallest absolute Gasteiger partial charge is 0.220 e. The molecule has 1 heterocycles. The summed E-state index contributed by atoms with van der Waals surface area (Å²) in [5, 5.41) is 6.42. The Morgan fingerprint density at radius 2 is 2.21 bits per heavy atom. The Balaban J connectivity index is 1.73. The average molecular weight is 196 g/mol. The van der Waals surface area contributed by atoms with Crippen LogP contribution in [0.4, 0.5) is 0 Å². The second-order valence-corrected chi connectivity index (χ2v) is 4.78. The predicted octanol–water partition coefficient (Wildman–Crippen LogP) is 0.901. The predicted molar refractivity (Wildman–Crippen MR) is 55.9 cm³/mol. The molecule has 2 fully saturated rings. The quantitative estimate of drug-likeness (QED) is 0.704. The number of hydrogen-bond donors (Lipinski definition) is 2. The molecule has 2 atom stereocenters. The lowest BCUT2D eigenvalue weighted by Gasteiger charge is -2.28. The molecule has 1 aliphatic carbocycles. The van der Waals surface area contributed by atoms with E-state index in [2.05, 4.69) is 17.6 Å². The van der Waals surface area contributed by atoms with Gasteiger partial charge in [-0.3, -0.25) is 4.79 Å². The van der Waals surface area contributed by atoms with Gasteiger partial charge in [0.25, 0.3) is 0 Å². The van der Waals surface area contributed by atoms with Gasteiger partial charge < -0.3 is 10.6 Å². The van der Waals surface area contributed by atoms with Gasteiger partial charge in [-0.1, -0.05) is 6.92 Å². The Bertz CT molecular complexity index is 213. The molecule has 1 aliphatic heterocycles. The zero-order chi connectivity index (χ0) is 9.97. The van der Waals surface area contributed by atoms with E-state index < -0.39 is 0 Å². The average Bonchev–Trinajstić information content (AvgIpc) is 2.93. The highest BCUT2D eigenvalue weighted by molar-refractivity contribution is 5.76. The van der Waals surface area contributed by atoms with Gasteiger partial charge in [0.15, 0.2) is 0 Å². The lowest BCUT2D eigenvalue weighted by atomic mass is 9.85. The summed E-state index contributed by atoms with van der Waals surface area (Å²) < 4.78 is 0. The first kappa shape index (κ1) is 9.97. The van der Waals surface area contributed by atoms with E-state index in [4.69, 9.17) is 0 Å². The number of hydrogen-bond acceptors (Lipinski definition) is 2. The van der Waals surface area contributed by atoms with Crippen LogP contribution in [0.15, 0.2) is 0 Å². The minimum absolute atomic E-state index is 0.270. The van der Waals surface area contributed by atoms with E-state index in [9.17, 15) is 4.79 Å². The summed E-state index contributed by atoms with van der Waals surface area (Å²) in [7, 11) is 0. The molecule has 0 bridgehead atoms. The van der Waals surface area contributed by atoms with Crippen LogP contribution < -0.4 is 10.6 Å². The summed E-state index contributed by atoms with van der Waals surface area (Å²) in [6, 6.07) is 0.513. The molecule has 2 aliphatic rings. The SMILES string of the molecule is C[C@@H]1CNCC[C@H]1CC(=O)NC1CC1. The fraction of sp³-hybridized carbons (Fsp3) is 0.909. The first-order valence-corrected chi connectivity index (χ1v) is 5.76. The molecule has 0 aromatic heterocycles. The van der Waals surface area contributed by atoms with Crippen LogP contribution in [0, 0.1) is 11.8 Å². The second kappa shape index (κ2) is 4.30. The van der Waals surface area contributed by atoms with E-state index >= 15 is 0 Å². The number of nitrogens with one attached hydrogen (secondary N) is 2. The molecule has 0 aromatic carbocycles. The van der Waals surface area contributed by atoms with Crippen LogP contribution in [0.2, 0.25) is 0 Å². The molecule has 80 valence electrons. The molecule has 3 heteroatoms. The molecule has 0 radical (unpaired) electrons. The molecule has 0 aromatic rings. The topological polar surface area (TPSA) is 41.1 Å². The van der Waals surface area contributed by atoms with Crippen molar-refractivity contribution in [3.8, 4) is 0 Å². The molecular formula is C11H20N2O. The molecule has 2 N–H and O–H groups in total. The van der Waals surface area contributed by atoms with Gasteiger partial charge in [0.1, 0.15) is 0 Å². The number of carbonyl (C=O) groups is 1. The molecular weight excluding hydrogens is 176 g/mol. The summed E-state index contributed by atoms with van der Waals surface area (Å²) >= 11 is 0. The monoisotopic (exact) mass is 196 g/mol. The molecule has 1 amide bonds. The van der Waals surface area contributed by atoms with Gasteiger partial charge in [-0.05, 0) is 44.2 Å². The molecule has 3 nitrogen and oxygen atoms in total. The maximum atomic E-state index is 11.6. The lowest BCUT2D eigenvalue weighted by molar-refractivity contribution is -0.122. The fourth-order valence-corrected chi connectivity index (χ4v) is 2.12. The van der Waals surface area contributed by atoms with Crippen molar-refractivity contribution in [3.05, 3.63) is 0 Å². The maximum absolute atomic E-state index is 11.6. The summed E-state index contributed by atoms with van der Waals surface area (Å²) in [6.45, 7) is 4.38. The third-order valence-corrected chi connectivity index (χ3v) is 3.35. The van der Waals surface area contributed by atoms with Gasteiger partial charge in [-0.25, -0.2) is 0 Å². The first-order valence-electron chi connectivity index (χ1n) is 5.76. The Labute approximate surface area is 85.6 Å². The van der Waals surface area contributed by atoms with Crippen molar-refractivity contribution < 1.29 is 4.79 Å².